The monoisotopic (exact) mass is 289 g/mol. The molecule has 0 spiro atoms. The molecule has 3 rings (SSSR count). The average molecular weight is 289 g/mol. The molecule has 0 bridgehead atoms. The highest BCUT2D eigenvalue weighted by atomic mass is 32.1. The van der Waals surface area contributed by atoms with Crippen molar-refractivity contribution in [2.45, 2.75) is 31.8 Å². The maximum absolute atomic E-state index is 5.87. The Bertz CT molecular complexity index is 542. The number of hydrogen-bond acceptors (Lipinski definition) is 6. The average Bonchev–Trinajstić information content (AvgIpc) is 2.97. The Morgan fingerprint density at radius 1 is 1.25 bits per heavy atom. The lowest BCUT2D eigenvalue weighted by molar-refractivity contribution is 0.146. The molecule has 0 saturated carbocycles. The summed E-state index contributed by atoms with van der Waals surface area (Å²) in [5.74, 6) is 0.706. The maximum atomic E-state index is 5.87. The molecular formula is C14H19N5S. The summed E-state index contributed by atoms with van der Waals surface area (Å²) < 4.78 is 0. The number of rotatable bonds is 4. The van der Waals surface area contributed by atoms with Gasteiger partial charge in [0.1, 0.15) is 0 Å². The maximum Gasteiger partial charge on any atom is 0.188 e. The van der Waals surface area contributed by atoms with Gasteiger partial charge in [0.15, 0.2) is 10.8 Å². The van der Waals surface area contributed by atoms with Gasteiger partial charge in [-0.3, -0.25) is 4.90 Å². The second-order valence-corrected chi connectivity index (χ2v) is 6.18. The van der Waals surface area contributed by atoms with Crippen molar-refractivity contribution in [3.8, 4) is 10.8 Å². The lowest BCUT2D eigenvalue weighted by Crippen LogP contribution is -2.43. The first-order valence-electron chi connectivity index (χ1n) is 7.03. The number of nitrogens with two attached hydrogens (primary N) is 1. The smallest absolute Gasteiger partial charge is 0.188 e. The minimum absolute atomic E-state index is 0.516. The number of hydrogen-bond donors (Lipinski definition) is 1. The number of nitrogens with zero attached hydrogens (tertiary/aromatic N) is 4. The van der Waals surface area contributed by atoms with E-state index < -0.39 is 0 Å². The van der Waals surface area contributed by atoms with Gasteiger partial charge in [-0.1, -0.05) is 6.42 Å². The lowest BCUT2D eigenvalue weighted by atomic mass is 10.0. The lowest BCUT2D eigenvalue weighted by Gasteiger charge is -2.34. The highest BCUT2D eigenvalue weighted by Gasteiger charge is 2.21. The molecule has 0 aliphatic carbocycles. The molecule has 2 N–H and O–H groups in total. The van der Waals surface area contributed by atoms with Crippen LogP contribution in [0.25, 0.3) is 10.8 Å². The predicted octanol–water partition coefficient (Wildman–Crippen LogP) is 1.91. The van der Waals surface area contributed by atoms with Crippen LogP contribution in [-0.2, 0) is 6.54 Å². The van der Waals surface area contributed by atoms with Crippen LogP contribution in [0.3, 0.4) is 0 Å². The van der Waals surface area contributed by atoms with Gasteiger partial charge >= 0.3 is 0 Å². The predicted molar refractivity (Wildman–Crippen MR) is 80.2 cm³/mol. The van der Waals surface area contributed by atoms with Gasteiger partial charge in [0.25, 0.3) is 0 Å². The van der Waals surface area contributed by atoms with Crippen LogP contribution in [0.15, 0.2) is 24.7 Å². The fourth-order valence-electron chi connectivity index (χ4n) is 2.63. The van der Waals surface area contributed by atoms with E-state index in [0.29, 0.717) is 11.9 Å². The van der Waals surface area contributed by atoms with E-state index in [0.717, 1.165) is 24.6 Å². The van der Waals surface area contributed by atoms with E-state index in [9.17, 15) is 0 Å². The van der Waals surface area contributed by atoms with Crippen molar-refractivity contribution >= 4 is 11.3 Å². The number of thiazole rings is 1. The van der Waals surface area contributed by atoms with E-state index in [1.807, 2.05) is 12.3 Å². The first-order chi connectivity index (χ1) is 9.86. The van der Waals surface area contributed by atoms with Gasteiger partial charge in [-0.05, 0) is 25.5 Å². The second-order valence-electron chi connectivity index (χ2n) is 5.06. The van der Waals surface area contributed by atoms with E-state index in [1.54, 1.807) is 23.7 Å². The Balaban J connectivity index is 1.71. The van der Waals surface area contributed by atoms with Crippen molar-refractivity contribution in [3.05, 3.63) is 29.5 Å². The normalized spacial score (nSPS) is 20.1. The quantitative estimate of drug-likeness (QED) is 0.931. The van der Waals surface area contributed by atoms with Crippen LogP contribution in [-0.4, -0.2) is 39.0 Å². The van der Waals surface area contributed by atoms with E-state index >= 15 is 0 Å². The van der Waals surface area contributed by atoms with Gasteiger partial charge in [0.2, 0.25) is 0 Å². The van der Waals surface area contributed by atoms with Crippen LogP contribution in [0.5, 0.6) is 0 Å². The van der Waals surface area contributed by atoms with Gasteiger partial charge in [-0.15, -0.1) is 11.3 Å². The molecule has 1 fully saturated rings. The Kier molecular flexibility index (Phi) is 4.34. The van der Waals surface area contributed by atoms with Crippen molar-refractivity contribution in [2.24, 2.45) is 5.73 Å². The zero-order valence-corrected chi connectivity index (χ0v) is 12.2. The fourth-order valence-corrected chi connectivity index (χ4v) is 3.51. The van der Waals surface area contributed by atoms with Crippen molar-refractivity contribution in [1.82, 2.24) is 19.9 Å². The molecule has 0 unspecified atom stereocenters. The Labute approximate surface area is 122 Å². The summed E-state index contributed by atoms with van der Waals surface area (Å²) in [4.78, 5) is 16.7. The fraction of sp³-hybridized carbons (Fsp3) is 0.500. The van der Waals surface area contributed by atoms with Crippen LogP contribution >= 0.6 is 11.3 Å². The minimum atomic E-state index is 0.516. The standard InChI is InChI=1S/C14H19N5S/c15-8-11-4-1-2-7-19(11)10-12-9-18-14(20-12)13-16-5-3-6-17-13/h3,5-6,9,11H,1-2,4,7-8,10,15H2/t11-/m1/s1. The number of piperidine rings is 1. The van der Waals surface area contributed by atoms with E-state index in [-0.39, 0.29) is 0 Å². The van der Waals surface area contributed by atoms with Crippen LogP contribution in [0.4, 0.5) is 0 Å². The van der Waals surface area contributed by atoms with Crippen molar-refractivity contribution in [3.63, 3.8) is 0 Å². The molecule has 0 amide bonds. The first kappa shape index (κ1) is 13.6. The zero-order chi connectivity index (χ0) is 13.8. The van der Waals surface area contributed by atoms with Crippen LogP contribution in [0.1, 0.15) is 24.1 Å². The van der Waals surface area contributed by atoms with E-state index in [1.165, 1.54) is 24.1 Å². The highest BCUT2D eigenvalue weighted by molar-refractivity contribution is 7.14. The molecule has 5 nitrogen and oxygen atoms in total. The zero-order valence-electron chi connectivity index (χ0n) is 11.4. The Hall–Kier alpha value is -1.37. The van der Waals surface area contributed by atoms with Crippen molar-refractivity contribution in [2.75, 3.05) is 13.1 Å². The summed E-state index contributed by atoms with van der Waals surface area (Å²) in [6.07, 6.45) is 9.22. The SMILES string of the molecule is NC[C@H]1CCCCN1Cc1cnc(-c2ncccn2)s1. The molecule has 2 aromatic rings. The third-order valence-corrected chi connectivity index (χ3v) is 4.67. The molecule has 0 aromatic carbocycles. The molecule has 1 aliphatic rings. The summed E-state index contributed by atoms with van der Waals surface area (Å²) in [6, 6.07) is 2.33. The van der Waals surface area contributed by atoms with E-state index in [2.05, 4.69) is 19.9 Å². The molecule has 2 aromatic heterocycles. The molecule has 1 saturated heterocycles. The largest absolute Gasteiger partial charge is 0.329 e. The van der Waals surface area contributed by atoms with Gasteiger partial charge in [-0.25, -0.2) is 15.0 Å². The van der Waals surface area contributed by atoms with E-state index in [4.69, 9.17) is 5.73 Å². The number of aromatic nitrogens is 3. The summed E-state index contributed by atoms with van der Waals surface area (Å²) in [5, 5.41) is 0.891. The molecule has 20 heavy (non-hydrogen) atoms. The van der Waals surface area contributed by atoms with Crippen LogP contribution < -0.4 is 5.73 Å². The van der Waals surface area contributed by atoms with Crippen LogP contribution in [0.2, 0.25) is 0 Å². The van der Waals surface area contributed by atoms with Gasteiger partial charge in [0, 0.05) is 42.6 Å². The molecule has 0 radical (unpaired) electrons. The number of likely N-dealkylation sites (tertiary alicyclic amines) is 1. The van der Waals surface area contributed by atoms with Gasteiger partial charge in [-0.2, -0.15) is 0 Å². The Morgan fingerprint density at radius 2 is 2.10 bits per heavy atom. The summed E-state index contributed by atoms with van der Waals surface area (Å²) in [6.45, 7) is 2.82. The summed E-state index contributed by atoms with van der Waals surface area (Å²) >= 11 is 1.67. The van der Waals surface area contributed by atoms with Crippen molar-refractivity contribution < 1.29 is 0 Å². The van der Waals surface area contributed by atoms with Gasteiger partial charge < -0.3 is 5.73 Å². The Morgan fingerprint density at radius 3 is 2.90 bits per heavy atom. The third-order valence-electron chi connectivity index (χ3n) is 3.69. The highest BCUT2D eigenvalue weighted by Crippen LogP contribution is 2.25. The molecule has 6 heteroatoms. The molecular weight excluding hydrogens is 270 g/mol. The summed E-state index contributed by atoms with van der Waals surface area (Å²) in [5.41, 5.74) is 5.87. The third kappa shape index (κ3) is 3.03. The molecule has 106 valence electrons. The first-order valence-corrected chi connectivity index (χ1v) is 7.84. The van der Waals surface area contributed by atoms with Gasteiger partial charge in [0.05, 0.1) is 0 Å². The molecule has 1 atom stereocenters. The van der Waals surface area contributed by atoms with Crippen LogP contribution in [0, 0.1) is 0 Å². The second kappa shape index (κ2) is 6.39. The topological polar surface area (TPSA) is 67.9 Å². The van der Waals surface area contributed by atoms with Crippen molar-refractivity contribution in [1.29, 1.82) is 0 Å². The summed E-state index contributed by atoms with van der Waals surface area (Å²) in [7, 11) is 0. The molecule has 1 aliphatic heterocycles. The molecule has 3 heterocycles. The minimum Gasteiger partial charge on any atom is -0.329 e.